The summed E-state index contributed by atoms with van der Waals surface area (Å²) < 4.78 is 12.9. The highest BCUT2D eigenvalue weighted by Crippen LogP contribution is 2.25. The third-order valence-corrected chi connectivity index (χ3v) is 2.71. The smallest absolute Gasteiger partial charge is 0.295 e. The van der Waals surface area contributed by atoms with Crippen molar-refractivity contribution in [1.82, 2.24) is 0 Å². The van der Waals surface area contributed by atoms with E-state index >= 15 is 0 Å². The van der Waals surface area contributed by atoms with E-state index in [1.807, 2.05) is 13.8 Å². The first-order valence-corrected chi connectivity index (χ1v) is 5.80. The molecule has 7 heteroatoms. The number of hydrogen-bond donors (Lipinski definition) is 2. The molecule has 0 aliphatic carbocycles. The molecule has 0 aliphatic rings. The first-order chi connectivity index (χ1) is 8.81. The Labute approximate surface area is 109 Å². The highest BCUT2D eigenvalue weighted by molar-refractivity contribution is 5.93. The van der Waals surface area contributed by atoms with Gasteiger partial charge in [-0.3, -0.25) is 14.9 Å². The number of rotatable bonds is 5. The van der Waals surface area contributed by atoms with Crippen LogP contribution in [0.4, 0.5) is 15.8 Å². The lowest BCUT2D eigenvalue weighted by atomic mass is 10.0. The minimum absolute atomic E-state index is 0.0349. The lowest BCUT2D eigenvalue weighted by Crippen LogP contribution is -2.31. The minimum atomic E-state index is -0.749. The normalized spacial score (nSPS) is 12.3. The van der Waals surface area contributed by atoms with E-state index in [2.05, 4.69) is 5.32 Å². The molecule has 3 N–H and O–H groups in total. The van der Waals surface area contributed by atoms with Crippen LogP contribution >= 0.6 is 0 Å². The van der Waals surface area contributed by atoms with Gasteiger partial charge in [-0.1, -0.05) is 13.8 Å². The SMILES string of the molecule is CC(C)C(N)CC(=O)Nc1ccc(F)cc1[N+](=O)[O-]. The number of halogens is 1. The number of nitrogens with one attached hydrogen (secondary N) is 1. The number of nitrogens with zero attached hydrogens (tertiary/aromatic N) is 1. The summed E-state index contributed by atoms with van der Waals surface area (Å²) in [5.74, 6) is -1.05. The fraction of sp³-hybridized carbons (Fsp3) is 0.417. The summed E-state index contributed by atoms with van der Waals surface area (Å²) in [6.45, 7) is 3.75. The molecule has 0 bridgehead atoms. The molecule has 6 nitrogen and oxygen atoms in total. The van der Waals surface area contributed by atoms with Gasteiger partial charge in [0.15, 0.2) is 0 Å². The van der Waals surface area contributed by atoms with Crippen molar-refractivity contribution in [3.05, 3.63) is 34.1 Å². The van der Waals surface area contributed by atoms with Gasteiger partial charge < -0.3 is 11.1 Å². The predicted molar refractivity (Wildman–Crippen MR) is 69.1 cm³/mol. The maximum absolute atomic E-state index is 12.9. The number of carbonyl (C=O) groups is 1. The number of carbonyl (C=O) groups excluding carboxylic acids is 1. The van der Waals surface area contributed by atoms with Gasteiger partial charge in [-0.05, 0) is 18.1 Å². The van der Waals surface area contributed by atoms with E-state index in [9.17, 15) is 19.3 Å². The molecule has 19 heavy (non-hydrogen) atoms. The molecule has 0 heterocycles. The molecular formula is C12H16FN3O3. The molecule has 1 atom stereocenters. The van der Waals surface area contributed by atoms with Gasteiger partial charge in [0.05, 0.1) is 11.0 Å². The van der Waals surface area contributed by atoms with E-state index < -0.39 is 22.3 Å². The Kier molecular flexibility index (Phi) is 4.94. The summed E-state index contributed by atoms with van der Waals surface area (Å²) in [6, 6.07) is 2.63. The van der Waals surface area contributed by atoms with Crippen molar-refractivity contribution in [3.8, 4) is 0 Å². The highest BCUT2D eigenvalue weighted by Gasteiger charge is 2.19. The summed E-state index contributed by atoms with van der Waals surface area (Å²) in [5.41, 5.74) is 5.22. The number of anilines is 1. The van der Waals surface area contributed by atoms with E-state index in [-0.39, 0.29) is 24.1 Å². The van der Waals surface area contributed by atoms with Gasteiger partial charge in [0.25, 0.3) is 5.69 Å². The van der Waals surface area contributed by atoms with Crippen LogP contribution in [0.2, 0.25) is 0 Å². The number of amides is 1. The van der Waals surface area contributed by atoms with Gasteiger partial charge >= 0.3 is 0 Å². The molecule has 104 valence electrons. The molecule has 0 aliphatic heterocycles. The Hall–Kier alpha value is -2.02. The Bertz CT molecular complexity index is 491. The monoisotopic (exact) mass is 269 g/mol. The second-order valence-corrected chi connectivity index (χ2v) is 4.58. The molecule has 0 aromatic heterocycles. The zero-order valence-electron chi connectivity index (χ0n) is 10.7. The maximum atomic E-state index is 12.9. The van der Waals surface area contributed by atoms with Crippen LogP contribution in [0, 0.1) is 21.8 Å². The maximum Gasteiger partial charge on any atom is 0.295 e. The molecule has 0 spiro atoms. The van der Waals surface area contributed by atoms with Gasteiger partial charge in [0.2, 0.25) is 5.91 Å². The van der Waals surface area contributed by atoms with Crippen LogP contribution in [0.15, 0.2) is 18.2 Å². The summed E-state index contributed by atoms with van der Waals surface area (Å²) in [6.07, 6.45) is 0.0478. The minimum Gasteiger partial charge on any atom is -0.327 e. The van der Waals surface area contributed by atoms with E-state index in [0.717, 1.165) is 18.2 Å². The molecule has 0 radical (unpaired) electrons. The van der Waals surface area contributed by atoms with Gasteiger partial charge in [0, 0.05) is 12.5 Å². The number of hydrogen-bond acceptors (Lipinski definition) is 4. The van der Waals surface area contributed by atoms with Crippen molar-refractivity contribution in [3.63, 3.8) is 0 Å². The molecule has 1 unspecified atom stereocenters. The molecule has 1 aromatic carbocycles. The quantitative estimate of drug-likeness (QED) is 0.631. The van der Waals surface area contributed by atoms with Crippen LogP contribution in [-0.4, -0.2) is 16.9 Å². The molecule has 1 aromatic rings. The van der Waals surface area contributed by atoms with E-state index in [1.165, 1.54) is 0 Å². The van der Waals surface area contributed by atoms with Crippen molar-refractivity contribution in [2.75, 3.05) is 5.32 Å². The van der Waals surface area contributed by atoms with Crippen molar-refractivity contribution in [1.29, 1.82) is 0 Å². The van der Waals surface area contributed by atoms with Gasteiger partial charge in [-0.25, -0.2) is 4.39 Å². The fourth-order valence-electron chi connectivity index (χ4n) is 1.41. The molecule has 1 rings (SSSR count). The summed E-state index contributed by atoms with van der Waals surface area (Å²) in [7, 11) is 0. The lowest BCUT2D eigenvalue weighted by Gasteiger charge is -2.15. The molecule has 0 fully saturated rings. The third kappa shape index (κ3) is 4.29. The predicted octanol–water partition coefficient (Wildman–Crippen LogP) is 2.05. The van der Waals surface area contributed by atoms with Crippen LogP contribution in [0.5, 0.6) is 0 Å². The summed E-state index contributed by atoms with van der Waals surface area (Å²) in [5, 5.41) is 13.1. The van der Waals surface area contributed by atoms with Crippen molar-refractivity contribution < 1.29 is 14.1 Å². The molecular weight excluding hydrogens is 253 g/mol. The van der Waals surface area contributed by atoms with Crippen LogP contribution < -0.4 is 11.1 Å². The Morgan fingerprint density at radius 3 is 2.68 bits per heavy atom. The van der Waals surface area contributed by atoms with E-state index in [0.29, 0.717) is 0 Å². The number of nitro benzene ring substituents is 1. The van der Waals surface area contributed by atoms with Gasteiger partial charge in [-0.2, -0.15) is 0 Å². The van der Waals surface area contributed by atoms with Gasteiger partial charge in [0.1, 0.15) is 11.5 Å². The Morgan fingerprint density at radius 1 is 1.53 bits per heavy atom. The van der Waals surface area contributed by atoms with Crippen LogP contribution in [-0.2, 0) is 4.79 Å². The lowest BCUT2D eigenvalue weighted by molar-refractivity contribution is -0.384. The first-order valence-electron chi connectivity index (χ1n) is 5.80. The number of nitro groups is 1. The zero-order chi connectivity index (χ0) is 14.6. The Balaban J connectivity index is 2.82. The third-order valence-electron chi connectivity index (χ3n) is 2.71. The second kappa shape index (κ2) is 6.24. The number of benzene rings is 1. The summed E-state index contributed by atoms with van der Waals surface area (Å²) >= 11 is 0. The van der Waals surface area contributed by atoms with Crippen molar-refractivity contribution in [2.45, 2.75) is 26.3 Å². The highest BCUT2D eigenvalue weighted by atomic mass is 19.1. The molecule has 1 amide bonds. The van der Waals surface area contributed by atoms with Gasteiger partial charge in [-0.15, -0.1) is 0 Å². The van der Waals surface area contributed by atoms with Crippen LogP contribution in [0.1, 0.15) is 20.3 Å². The average molecular weight is 269 g/mol. The van der Waals surface area contributed by atoms with Crippen LogP contribution in [0.3, 0.4) is 0 Å². The average Bonchev–Trinajstić information content (AvgIpc) is 2.30. The van der Waals surface area contributed by atoms with Crippen LogP contribution in [0.25, 0.3) is 0 Å². The fourth-order valence-corrected chi connectivity index (χ4v) is 1.41. The number of nitrogens with two attached hydrogens (primary N) is 1. The van der Waals surface area contributed by atoms with Crippen molar-refractivity contribution >= 4 is 17.3 Å². The second-order valence-electron chi connectivity index (χ2n) is 4.58. The topological polar surface area (TPSA) is 98.3 Å². The van der Waals surface area contributed by atoms with E-state index in [1.54, 1.807) is 0 Å². The summed E-state index contributed by atoms with van der Waals surface area (Å²) in [4.78, 5) is 21.7. The van der Waals surface area contributed by atoms with Crippen molar-refractivity contribution in [2.24, 2.45) is 11.7 Å². The molecule has 0 saturated heterocycles. The van der Waals surface area contributed by atoms with E-state index in [4.69, 9.17) is 5.73 Å². The first kappa shape index (κ1) is 15.0. The standard InChI is InChI=1S/C12H16FN3O3/c1-7(2)9(14)6-12(17)15-10-4-3-8(13)5-11(10)16(18)19/h3-5,7,9H,6,14H2,1-2H3,(H,15,17). The zero-order valence-corrected chi connectivity index (χ0v) is 10.7. The largest absolute Gasteiger partial charge is 0.327 e. The Morgan fingerprint density at radius 2 is 2.16 bits per heavy atom. The molecule has 0 saturated carbocycles.